The number of hydrogen-bond acceptors (Lipinski definition) is 3. The lowest BCUT2D eigenvalue weighted by molar-refractivity contribution is -0.111. The van der Waals surface area contributed by atoms with Crippen LogP contribution in [-0.4, -0.2) is 15.2 Å². The van der Waals surface area contributed by atoms with Crippen molar-refractivity contribution in [3.63, 3.8) is 0 Å². The molecule has 3 rings (SSSR count). The Hall–Kier alpha value is -1.86. The van der Waals surface area contributed by atoms with Gasteiger partial charge in [-0.2, -0.15) is 0 Å². The fourth-order valence-electron chi connectivity index (χ4n) is 5.01. The quantitative estimate of drug-likeness (QED) is 0.764. The van der Waals surface area contributed by atoms with Gasteiger partial charge in [-0.05, 0) is 43.1 Å². The van der Waals surface area contributed by atoms with E-state index in [2.05, 4.69) is 16.8 Å². The van der Waals surface area contributed by atoms with Crippen molar-refractivity contribution >= 4 is 0 Å². The molecule has 4 heteroatoms. The highest BCUT2D eigenvalue weighted by Gasteiger charge is 2.56. The van der Waals surface area contributed by atoms with E-state index < -0.39 is 11.0 Å². The third-order valence-electron chi connectivity index (χ3n) is 6.04. The van der Waals surface area contributed by atoms with Gasteiger partial charge in [-0.1, -0.05) is 26.8 Å². The molecule has 2 aliphatic rings. The maximum absolute atomic E-state index is 11.2. The molecule has 0 bridgehead atoms. The van der Waals surface area contributed by atoms with E-state index in [1.54, 1.807) is 12.4 Å². The molecule has 122 valence electrons. The Morgan fingerprint density at radius 1 is 1.35 bits per heavy atom. The zero-order valence-corrected chi connectivity index (χ0v) is 14.0. The summed E-state index contributed by atoms with van der Waals surface area (Å²) in [5.41, 5.74) is -0.248. The van der Waals surface area contributed by atoms with Gasteiger partial charge < -0.3 is 10.2 Å². The van der Waals surface area contributed by atoms with Crippen molar-refractivity contribution in [2.45, 2.75) is 52.1 Å². The Morgan fingerprint density at radius 2 is 2.09 bits per heavy atom. The Balaban J connectivity index is 2.02. The number of aromatic nitrogens is 1. The van der Waals surface area contributed by atoms with Gasteiger partial charge in [-0.15, -0.1) is 0 Å². The normalized spacial score (nSPS) is 36.2. The fourth-order valence-corrected chi connectivity index (χ4v) is 5.01. The summed E-state index contributed by atoms with van der Waals surface area (Å²) >= 11 is 0. The van der Waals surface area contributed by atoms with Gasteiger partial charge in [0.25, 0.3) is 0 Å². The summed E-state index contributed by atoms with van der Waals surface area (Å²) in [7, 11) is 0. The SMILES string of the molecule is [C-]#[N+]C1=C(O)C(C)(C)[C@@H]2CCC(O)(c3cccnc3)C[C@@]2(C)C1. The second-order valence-electron chi connectivity index (χ2n) is 8.00. The van der Waals surface area contributed by atoms with E-state index in [9.17, 15) is 10.2 Å². The average molecular weight is 312 g/mol. The largest absolute Gasteiger partial charge is 0.523 e. The number of rotatable bonds is 1. The number of fused-ring (bicyclic) bond motifs is 1. The molecule has 1 fully saturated rings. The third kappa shape index (κ3) is 2.35. The Labute approximate surface area is 137 Å². The smallest absolute Gasteiger partial charge is 0.203 e. The standard InChI is InChI=1S/C19H24N2O2/c1-17(2)15-7-8-19(23,13-6-5-9-21-11-13)12-18(15,3)10-14(20-4)16(17)22/h5-6,9,11,15,22-23H,7-8,10,12H2,1-3H3/t15-,18+,19?/m0/s1. The molecular formula is C19H24N2O2. The first kappa shape index (κ1) is 16.0. The highest BCUT2D eigenvalue weighted by Crippen LogP contribution is 2.62. The molecule has 1 aromatic heterocycles. The van der Waals surface area contributed by atoms with Gasteiger partial charge in [0, 0.05) is 23.4 Å². The Bertz CT molecular complexity index is 689. The van der Waals surface area contributed by atoms with Crippen molar-refractivity contribution in [2.75, 3.05) is 0 Å². The fraction of sp³-hybridized carbons (Fsp3) is 0.579. The maximum atomic E-state index is 11.2. The van der Waals surface area contributed by atoms with E-state index in [4.69, 9.17) is 6.57 Å². The van der Waals surface area contributed by atoms with E-state index >= 15 is 0 Å². The lowest BCUT2D eigenvalue weighted by atomic mass is 9.50. The molecule has 0 aliphatic heterocycles. The van der Waals surface area contributed by atoms with Crippen LogP contribution in [0.4, 0.5) is 0 Å². The van der Waals surface area contributed by atoms with Gasteiger partial charge in [0.15, 0.2) is 0 Å². The second-order valence-corrected chi connectivity index (χ2v) is 8.00. The van der Waals surface area contributed by atoms with Gasteiger partial charge in [-0.25, -0.2) is 4.85 Å². The van der Waals surface area contributed by atoms with Crippen molar-refractivity contribution in [1.29, 1.82) is 0 Å². The summed E-state index contributed by atoms with van der Waals surface area (Å²) in [6.45, 7) is 13.6. The van der Waals surface area contributed by atoms with E-state index in [0.29, 0.717) is 25.0 Å². The van der Waals surface area contributed by atoms with Crippen LogP contribution in [0, 0.1) is 23.3 Å². The van der Waals surface area contributed by atoms with Gasteiger partial charge in [-0.3, -0.25) is 4.98 Å². The van der Waals surface area contributed by atoms with Crippen LogP contribution in [0.15, 0.2) is 36.0 Å². The molecule has 23 heavy (non-hydrogen) atoms. The summed E-state index contributed by atoms with van der Waals surface area (Å²) < 4.78 is 0. The van der Waals surface area contributed by atoms with Crippen LogP contribution in [0.5, 0.6) is 0 Å². The first-order valence-electron chi connectivity index (χ1n) is 8.16. The highest BCUT2D eigenvalue weighted by molar-refractivity contribution is 5.30. The second kappa shape index (κ2) is 5.07. The molecule has 2 aliphatic carbocycles. The van der Waals surface area contributed by atoms with Crippen LogP contribution in [-0.2, 0) is 5.60 Å². The number of hydrogen-bond donors (Lipinski definition) is 2. The minimum atomic E-state index is -0.907. The molecule has 0 aromatic carbocycles. The Kier molecular flexibility index (Phi) is 3.53. The van der Waals surface area contributed by atoms with E-state index in [1.807, 2.05) is 26.0 Å². The number of pyridine rings is 1. The predicted octanol–water partition coefficient (Wildman–Crippen LogP) is 4.19. The third-order valence-corrected chi connectivity index (χ3v) is 6.04. The van der Waals surface area contributed by atoms with Gasteiger partial charge in [0.2, 0.25) is 5.70 Å². The molecule has 1 heterocycles. The number of nitrogens with zero attached hydrogens (tertiary/aromatic N) is 2. The zero-order chi connectivity index (χ0) is 16.9. The van der Waals surface area contributed by atoms with Crippen LogP contribution in [0.25, 0.3) is 4.85 Å². The van der Waals surface area contributed by atoms with Crippen molar-refractivity contribution in [2.24, 2.45) is 16.7 Å². The Morgan fingerprint density at radius 3 is 2.70 bits per heavy atom. The summed E-state index contributed by atoms with van der Waals surface area (Å²) in [6, 6.07) is 3.77. The number of allylic oxidation sites excluding steroid dienone is 2. The van der Waals surface area contributed by atoms with Crippen LogP contribution in [0.2, 0.25) is 0 Å². The molecule has 0 spiro atoms. The van der Waals surface area contributed by atoms with Crippen LogP contribution < -0.4 is 0 Å². The first-order valence-corrected chi connectivity index (χ1v) is 8.16. The van der Waals surface area contributed by atoms with Crippen molar-refractivity contribution < 1.29 is 10.2 Å². The van der Waals surface area contributed by atoms with Gasteiger partial charge >= 0.3 is 0 Å². The summed E-state index contributed by atoms with van der Waals surface area (Å²) in [5.74, 6) is 0.485. The summed E-state index contributed by atoms with van der Waals surface area (Å²) in [4.78, 5) is 7.71. The molecule has 3 atom stereocenters. The molecule has 0 amide bonds. The van der Waals surface area contributed by atoms with Crippen molar-refractivity contribution in [1.82, 2.24) is 4.98 Å². The van der Waals surface area contributed by atoms with Crippen molar-refractivity contribution in [3.05, 3.63) is 53.0 Å². The predicted molar refractivity (Wildman–Crippen MR) is 88.2 cm³/mol. The molecule has 1 saturated carbocycles. The molecule has 1 aromatic rings. The van der Waals surface area contributed by atoms with Crippen molar-refractivity contribution in [3.8, 4) is 0 Å². The molecule has 0 radical (unpaired) electrons. The molecule has 2 N–H and O–H groups in total. The van der Waals surface area contributed by atoms with E-state index in [1.165, 1.54) is 0 Å². The zero-order valence-electron chi connectivity index (χ0n) is 14.0. The van der Waals surface area contributed by atoms with Gasteiger partial charge in [0.05, 0.1) is 12.2 Å². The maximum Gasteiger partial charge on any atom is 0.203 e. The highest BCUT2D eigenvalue weighted by atomic mass is 16.3. The minimum Gasteiger partial charge on any atom is -0.523 e. The first-order chi connectivity index (χ1) is 10.7. The number of aliphatic hydroxyl groups is 2. The van der Waals surface area contributed by atoms with E-state index in [0.717, 1.165) is 12.0 Å². The summed E-state index contributed by atoms with van der Waals surface area (Å²) in [5, 5.41) is 21.7. The van der Waals surface area contributed by atoms with Crippen LogP contribution in [0.1, 0.15) is 52.0 Å². The number of aliphatic hydroxyl groups excluding tert-OH is 1. The molecule has 4 nitrogen and oxygen atoms in total. The average Bonchev–Trinajstić information content (AvgIpc) is 2.51. The monoisotopic (exact) mass is 312 g/mol. The molecule has 1 unspecified atom stereocenters. The van der Waals surface area contributed by atoms with Crippen LogP contribution >= 0.6 is 0 Å². The molecular weight excluding hydrogens is 288 g/mol. The summed E-state index contributed by atoms with van der Waals surface area (Å²) in [6.07, 6.45) is 6.04. The van der Waals surface area contributed by atoms with Crippen LogP contribution in [0.3, 0.4) is 0 Å². The minimum absolute atomic E-state index is 0.210. The topological polar surface area (TPSA) is 57.7 Å². The lowest BCUT2D eigenvalue weighted by Gasteiger charge is -2.56. The molecule has 0 saturated heterocycles. The van der Waals surface area contributed by atoms with E-state index in [-0.39, 0.29) is 17.1 Å². The lowest BCUT2D eigenvalue weighted by Crippen LogP contribution is -2.51. The van der Waals surface area contributed by atoms with Gasteiger partial charge in [0.1, 0.15) is 5.76 Å².